The molecule has 2 aromatic carbocycles. The average molecular weight is 405 g/mol. The van der Waals surface area contributed by atoms with Crippen molar-refractivity contribution in [3.8, 4) is 5.75 Å². The Morgan fingerprint density at radius 3 is 2.50 bits per heavy atom. The summed E-state index contributed by atoms with van der Waals surface area (Å²) in [6.07, 6.45) is 1.92. The number of hydrogen-bond donors (Lipinski definition) is 2. The molecule has 1 aliphatic rings. The number of carbonyl (C=O) groups is 1. The second-order valence-corrected chi connectivity index (χ2v) is 7.45. The van der Waals surface area contributed by atoms with Crippen molar-refractivity contribution >= 4 is 51.5 Å². The summed E-state index contributed by atoms with van der Waals surface area (Å²) in [5, 5.41) is 6.42. The molecule has 0 saturated heterocycles. The van der Waals surface area contributed by atoms with Gasteiger partial charge in [0.1, 0.15) is 5.75 Å². The number of thioether (sulfide) groups is 1. The minimum Gasteiger partial charge on any atom is -0.497 e. The van der Waals surface area contributed by atoms with Crippen LogP contribution in [-0.4, -0.2) is 23.6 Å². The third-order valence-corrected chi connectivity index (χ3v) is 5.73. The van der Waals surface area contributed by atoms with Gasteiger partial charge < -0.3 is 15.4 Å². The molecule has 1 atom stereocenters. The number of urea groups is 1. The molecular weight excluding hydrogens is 388 g/mol. The largest absolute Gasteiger partial charge is 0.497 e. The van der Waals surface area contributed by atoms with Gasteiger partial charge in [-0.3, -0.25) is 0 Å². The van der Waals surface area contributed by atoms with E-state index in [9.17, 15) is 4.79 Å². The van der Waals surface area contributed by atoms with Crippen LogP contribution >= 0.6 is 35.6 Å². The Morgan fingerprint density at radius 2 is 1.88 bits per heavy atom. The van der Waals surface area contributed by atoms with Crippen LogP contribution in [0.2, 0.25) is 5.02 Å². The highest BCUT2D eigenvalue weighted by Crippen LogP contribution is 2.37. The lowest BCUT2D eigenvalue weighted by Crippen LogP contribution is -2.44. The molecule has 0 radical (unpaired) electrons. The third-order valence-electron chi connectivity index (χ3n) is 4.07. The summed E-state index contributed by atoms with van der Waals surface area (Å²) in [6.45, 7) is 0. The highest BCUT2D eigenvalue weighted by molar-refractivity contribution is 8.23. The van der Waals surface area contributed by atoms with Crippen LogP contribution in [0.15, 0.2) is 54.1 Å². The first-order chi connectivity index (χ1) is 12.5. The fraction of sp³-hybridized carbons (Fsp3) is 0.158. The number of hydrogen-bond acceptors (Lipinski definition) is 4. The zero-order chi connectivity index (χ0) is 18.7. The van der Waals surface area contributed by atoms with Crippen LogP contribution < -0.4 is 15.4 Å². The SMILES string of the molecule is COc1ccc(C2=C(C(=S)SC)C(c3ccccc3Cl)NC(=O)N2)cc1. The topological polar surface area (TPSA) is 50.4 Å². The molecule has 1 aliphatic heterocycles. The Kier molecular flexibility index (Phi) is 5.86. The van der Waals surface area contributed by atoms with E-state index in [0.717, 1.165) is 22.4 Å². The number of halogens is 1. The Bertz CT molecular complexity index is 881. The van der Waals surface area contributed by atoms with Gasteiger partial charge in [0.05, 0.1) is 23.0 Å². The van der Waals surface area contributed by atoms with Crippen LogP contribution in [0, 0.1) is 0 Å². The normalized spacial score (nSPS) is 16.7. The van der Waals surface area contributed by atoms with Crippen molar-refractivity contribution in [2.24, 2.45) is 0 Å². The number of rotatable bonds is 4. The number of methoxy groups -OCH3 is 1. The molecule has 0 spiro atoms. The molecule has 4 nitrogen and oxygen atoms in total. The first-order valence-corrected chi connectivity index (χ1v) is 9.85. The van der Waals surface area contributed by atoms with Gasteiger partial charge in [-0.25, -0.2) is 4.79 Å². The van der Waals surface area contributed by atoms with Crippen LogP contribution in [0.4, 0.5) is 4.79 Å². The summed E-state index contributed by atoms with van der Waals surface area (Å²) < 4.78 is 5.90. The predicted octanol–water partition coefficient (Wildman–Crippen LogP) is 4.80. The average Bonchev–Trinajstić information content (AvgIpc) is 2.67. The molecule has 3 rings (SSSR count). The summed E-state index contributed by atoms with van der Waals surface area (Å²) >= 11 is 13.5. The molecule has 134 valence electrons. The number of amides is 2. The third kappa shape index (κ3) is 3.72. The van der Waals surface area contributed by atoms with Gasteiger partial charge in [-0.1, -0.05) is 42.0 Å². The van der Waals surface area contributed by atoms with Gasteiger partial charge in [-0.2, -0.15) is 0 Å². The van der Waals surface area contributed by atoms with E-state index in [1.807, 2.05) is 48.7 Å². The first kappa shape index (κ1) is 18.8. The van der Waals surface area contributed by atoms with Gasteiger partial charge in [0.15, 0.2) is 0 Å². The summed E-state index contributed by atoms with van der Waals surface area (Å²) in [4.78, 5) is 12.3. The molecule has 7 heteroatoms. The van der Waals surface area contributed by atoms with Crippen LogP contribution in [0.25, 0.3) is 5.70 Å². The lowest BCUT2D eigenvalue weighted by atomic mass is 9.93. The zero-order valence-corrected chi connectivity index (χ0v) is 16.6. The van der Waals surface area contributed by atoms with E-state index < -0.39 is 6.04 Å². The van der Waals surface area contributed by atoms with E-state index in [-0.39, 0.29) is 6.03 Å². The monoisotopic (exact) mass is 404 g/mol. The predicted molar refractivity (Wildman–Crippen MR) is 112 cm³/mol. The van der Waals surface area contributed by atoms with Gasteiger partial charge in [0.2, 0.25) is 0 Å². The molecule has 0 aliphatic carbocycles. The van der Waals surface area contributed by atoms with E-state index in [1.165, 1.54) is 11.8 Å². The summed E-state index contributed by atoms with van der Waals surface area (Å²) in [5.74, 6) is 0.742. The van der Waals surface area contributed by atoms with Gasteiger partial charge in [-0.15, -0.1) is 11.8 Å². The summed E-state index contributed by atoms with van der Waals surface area (Å²) in [5.41, 5.74) is 3.16. The standard InChI is InChI=1S/C19H17ClN2O2S2/c1-24-12-9-7-11(8-10-12)16-15(18(25)26-2)17(22-19(23)21-16)13-5-3-4-6-14(13)20/h3-10,17H,1-2H3,(H2,21,22,23). The molecule has 1 unspecified atom stereocenters. The van der Waals surface area contributed by atoms with Crippen molar-refractivity contribution in [3.63, 3.8) is 0 Å². The van der Waals surface area contributed by atoms with E-state index in [1.54, 1.807) is 13.2 Å². The maximum Gasteiger partial charge on any atom is 0.320 e. The first-order valence-electron chi connectivity index (χ1n) is 7.84. The summed E-state index contributed by atoms with van der Waals surface area (Å²) in [7, 11) is 1.61. The van der Waals surface area contributed by atoms with Gasteiger partial charge >= 0.3 is 6.03 Å². The molecule has 2 amide bonds. The lowest BCUT2D eigenvalue weighted by Gasteiger charge is -2.31. The van der Waals surface area contributed by atoms with Crippen molar-refractivity contribution in [2.75, 3.05) is 13.4 Å². The van der Waals surface area contributed by atoms with Crippen LogP contribution in [0.3, 0.4) is 0 Å². The molecule has 1 heterocycles. The van der Waals surface area contributed by atoms with E-state index in [4.69, 9.17) is 28.6 Å². The maximum atomic E-state index is 12.3. The molecule has 2 aromatic rings. The summed E-state index contributed by atoms with van der Waals surface area (Å²) in [6, 6.07) is 14.2. The fourth-order valence-electron chi connectivity index (χ4n) is 2.82. The van der Waals surface area contributed by atoms with Gasteiger partial charge in [-0.05, 0) is 47.7 Å². The second kappa shape index (κ2) is 8.12. The maximum absolute atomic E-state index is 12.3. The van der Waals surface area contributed by atoms with Crippen LogP contribution in [0.5, 0.6) is 5.75 Å². The van der Waals surface area contributed by atoms with Crippen molar-refractivity contribution in [1.82, 2.24) is 10.6 Å². The fourth-order valence-corrected chi connectivity index (χ4v) is 3.73. The van der Waals surface area contributed by atoms with Crippen molar-refractivity contribution in [3.05, 3.63) is 70.3 Å². The Labute approximate surface area is 167 Å². The highest BCUT2D eigenvalue weighted by Gasteiger charge is 2.32. The van der Waals surface area contributed by atoms with E-state index in [2.05, 4.69) is 10.6 Å². The zero-order valence-electron chi connectivity index (χ0n) is 14.2. The van der Waals surface area contributed by atoms with Gasteiger partial charge in [0, 0.05) is 10.6 Å². The van der Waals surface area contributed by atoms with Crippen LogP contribution in [0.1, 0.15) is 17.2 Å². The smallest absolute Gasteiger partial charge is 0.320 e. The Hall–Kier alpha value is -2.02. The number of nitrogens with one attached hydrogen (secondary N) is 2. The van der Waals surface area contributed by atoms with Crippen LogP contribution in [-0.2, 0) is 0 Å². The van der Waals surface area contributed by atoms with E-state index in [0.29, 0.717) is 14.9 Å². The number of thiocarbonyl (C=S) groups is 1. The molecule has 0 fully saturated rings. The Morgan fingerprint density at radius 1 is 1.19 bits per heavy atom. The molecule has 0 aromatic heterocycles. The quantitative estimate of drug-likeness (QED) is 0.718. The minimum absolute atomic E-state index is 0.298. The van der Waals surface area contributed by atoms with Crippen molar-refractivity contribution in [2.45, 2.75) is 6.04 Å². The number of carbonyl (C=O) groups excluding carboxylic acids is 1. The molecular formula is C19H17ClN2O2S2. The van der Waals surface area contributed by atoms with Crippen molar-refractivity contribution < 1.29 is 9.53 Å². The van der Waals surface area contributed by atoms with E-state index >= 15 is 0 Å². The molecule has 0 saturated carbocycles. The second-order valence-electron chi connectivity index (χ2n) is 5.56. The molecule has 2 N–H and O–H groups in total. The van der Waals surface area contributed by atoms with Crippen molar-refractivity contribution in [1.29, 1.82) is 0 Å². The van der Waals surface area contributed by atoms with Gasteiger partial charge in [0.25, 0.3) is 0 Å². The molecule has 0 bridgehead atoms. The number of benzene rings is 2. The number of ether oxygens (including phenoxy) is 1. The molecule has 26 heavy (non-hydrogen) atoms. The Balaban J connectivity index is 2.19. The highest BCUT2D eigenvalue weighted by atomic mass is 35.5. The minimum atomic E-state index is -0.422. The lowest BCUT2D eigenvalue weighted by molar-refractivity contribution is 0.241.